The van der Waals surface area contributed by atoms with E-state index in [-0.39, 0.29) is 0 Å². The van der Waals surface area contributed by atoms with Crippen LogP contribution in [0.15, 0.2) is 72.8 Å². The summed E-state index contributed by atoms with van der Waals surface area (Å²) in [5, 5.41) is 0. The van der Waals surface area contributed by atoms with Gasteiger partial charge in [-0.1, -0.05) is 18.2 Å². The predicted octanol–water partition coefficient (Wildman–Crippen LogP) is 6.74. The third-order valence-corrected chi connectivity index (χ3v) is 6.08. The van der Waals surface area contributed by atoms with Crippen LogP contribution in [0.25, 0.3) is 33.4 Å². The Morgan fingerprint density at radius 1 is 0.333 bits per heavy atom. The van der Waals surface area contributed by atoms with Crippen molar-refractivity contribution in [2.45, 2.75) is 0 Å². The van der Waals surface area contributed by atoms with Crippen molar-refractivity contribution < 1.29 is 28.4 Å². The van der Waals surface area contributed by atoms with Crippen LogP contribution < -0.4 is 28.4 Å². The van der Waals surface area contributed by atoms with Gasteiger partial charge in [-0.15, -0.1) is 0 Å². The molecule has 0 saturated heterocycles. The van der Waals surface area contributed by atoms with E-state index in [9.17, 15) is 0 Å². The lowest BCUT2D eigenvalue weighted by Gasteiger charge is -2.20. The Morgan fingerprint density at radius 2 is 0.528 bits per heavy atom. The first-order valence-electron chi connectivity index (χ1n) is 11.4. The number of hydrogen-bond acceptors (Lipinski definition) is 6. The smallest absolute Gasteiger partial charge is 0.130 e. The zero-order chi connectivity index (χ0) is 25.7. The highest BCUT2D eigenvalue weighted by Gasteiger charge is 2.21. The molecule has 186 valence electrons. The summed E-state index contributed by atoms with van der Waals surface area (Å²) in [7, 11) is 9.89. The normalized spacial score (nSPS) is 10.5. The van der Waals surface area contributed by atoms with Crippen molar-refractivity contribution in [2.75, 3.05) is 42.7 Å². The molecule has 0 aliphatic heterocycles. The van der Waals surface area contributed by atoms with Crippen molar-refractivity contribution in [1.29, 1.82) is 0 Å². The van der Waals surface area contributed by atoms with E-state index in [2.05, 4.69) is 18.2 Å². The SMILES string of the molecule is COc1cccc(OC)c1-c1cc(-c2c(OC)cccc2OC)cc(-c2c(OC)cccc2OC)c1. The first-order valence-corrected chi connectivity index (χ1v) is 11.4. The van der Waals surface area contributed by atoms with Gasteiger partial charge in [0, 0.05) is 0 Å². The lowest BCUT2D eigenvalue weighted by molar-refractivity contribution is 0.397. The maximum absolute atomic E-state index is 5.73. The van der Waals surface area contributed by atoms with Crippen LogP contribution in [0.3, 0.4) is 0 Å². The van der Waals surface area contributed by atoms with Gasteiger partial charge in [-0.3, -0.25) is 0 Å². The Labute approximate surface area is 211 Å². The van der Waals surface area contributed by atoms with E-state index in [0.29, 0.717) is 34.5 Å². The van der Waals surface area contributed by atoms with Crippen LogP contribution in [-0.4, -0.2) is 42.7 Å². The topological polar surface area (TPSA) is 55.4 Å². The van der Waals surface area contributed by atoms with Crippen LogP contribution >= 0.6 is 0 Å². The van der Waals surface area contributed by atoms with Crippen LogP contribution in [0.5, 0.6) is 34.5 Å². The van der Waals surface area contributed by atoms with Crippen molar-refractivity contribution in [1.82, 2.24) is 0 Å². The molecule has 0 aromatic heterocycles. The molecular weight excluding hydrogens is 456 g/mol. The highest BCUT2D eigenvalue weighted by molar-refractivity contribution is 5.90. The van der Waals surface area contributed by atoms with Crippen molar-refractivity contribution in [3.05, 3.63) is 72.8 Å². The molecule has 6 heteroatoms. The van der Waals surface area contributed by atoms with Crippen LogP contribution in [0.4, 0.5) is 0 Å². The average molecular weight is 487 g/mol. The average Bonchev–Trinajstić information content (AvgIpc) is 2.95. The Balaban J connectivity index is 2.13. The summed E-state index contributed by atoms with van der Waals surface area (Å²) >= 11 is 0. The van der Waals surface area contributed by atoms with Crippen molar-refractivity contribution in [2.24, 2.45) is 0 Å². The van der Waals surface area contributed by atoms with Gasteiger partial charge in [0.1, 0.15) is 34.5 Å². The van der Waals surface area contributed by atoms with Crippen molar-refractivity contribution in [3.8, 4) is 67.9 Å². The molecule has 6 nitrogen and oxygen atoms in total. The van der Waals surface area contributed by atoms with E-state index >= 15 is 0 Å². The molecule has 0 radical (unpaired) electrons. The van der Waals surface area contributed by atoms with E-state index in [0.717, 1.165) is 33.4 Å². The summed E-state index contributed by atoms with van der Waals surface area (Å²) in [5.74, 6) is 4.15. The summed E-state index contributed by atoms with van der Waals surface area (Å²) in [5.41, 5.74) is 5.14. The highest BCUT2D eigenvalue weighted by Crippen LogP contribution is 2.47. The molecule has 4 aromatic carbocycles. The molecule has 36 heavy (non-hydrogen) atoms. The Bertz CT molecular complexity index is 1120. The lowest BCUT2D eigenvalue weighted by Crippen LogP contribution is -1.97. The second-order valence-corrected chi connectivity index (χ2v) is 7.91. The zero-order valence-electron chi connectivity index (χ0n) is 21.4. The van der Waals surface area contributed by atoms with Gasteiger partial charge in [-0.25, -0.2) is 0 Å². The van der Waals surface area contributed by atoms with E-state index < -0.39 is 0 Å². The summed E-state index contributed by atoms with van der Waals surface area (Å²) < 4.78 is 34.4. The van der Waals surface area contributed by atoms with E-state index in [1.165, 1.54) is 0 Å². The van der Waals surface area contributed by atoms with Gasteiger partial charge in [-0.05, 0) is 71.3 Å². The van der Waals surface area contributed by atoms with Crippen LogP contribution in [0, 0.1) is 0 Å². The van der Waals surface area contributed by atoms with Gasteiger partial charge < -0.3 is 28.4 Å². The lowest BCUT2D eigenvalue weighted by atomic mass is 9.91. The van der Waals surface area contributed by atoms with E-state index in [1.807, 2.05) is 54.6 Å². The maximum Gasteiger partial charge on any atom is 0.130 e. The van der Waals surface area contributed by atoms with Gasteiger partial charge in [0.25, 0.3) is 0 Å². The van der Waals surface area contributed by atoms with E-state index in [1.54, 1.807) is 42.7 Å². The van der Waals surface area contributed by atoms with Gasteiger partial charge in [0.15, 0.2) is 0 Å². The van der Waals surface area contributed by atoms with Crippen molar-refractivity contribution >= 4 is 0 Å². The van der Waals surface area contributed by atoms with E-state index in [4.69, 9.17) is 28.4 Å². The standard InChI is InChI=1S/C30H30O6/c1-31-22-10-7-11-23(32-2)28(22)19-16-20(29-24(33-3)12-8-13-25(29)34-4)18-21(17-19)30-26(35-5)14-9-15-27(30)36-6/h7-18H,1-6H3. The summed E-state index contributed by atoms with van der Waals surface area (Å²) in [6.45, 7) is 0. The minimum atomic E-state index is 0.691. The molecule has 0 atom stereocenters. The fraction of sp³-hybridized carbons (Fsp3) is 0.200. The first-order chi connectivity index (χ1) is 17.6. The molecule has 4 rings (SSSR count). The minimum absolute atomic E-state index is 0.691. The second-order valence-electron chi connectivity index (χ2n) is 7.91. The van der Waals surface area contributed by atoms with Gasteiger partial charge in [0.05, 0.1) is 59.3 Å². The third kappa shape index (κ3) is 4.50. The number of rotatable bonds is 9. The predicted molar refractivity (Wildman–Crippen MR) is 142 cm³/mol. The molecule has 0 fully saturated rings. The highest BCUT2D eigenvalue weighted by atomic mass is 16.5. The monoisotopic (exact) mass is 486 g/mol. The molecule has 0 aliphatic carbocycles. The molecule has 0 saturated carbocycles. The van der Waals surface area contributed by atoms with Crippen molar-refractivity contribution in [3.63, 3.8) is 0 Å². The fourth-order valence-electron chi connectivity index (χ4n) is 4.47. The van der Waals surface area contributed by atoms with Crippen LogP contribution in [0.2, 0.25) is 0 Å². The molecular formula is C30H30O6. The molecule has 0 spiro atoms. The molecule has 0 unspecified atom stereocenters. The molecule has 0 aliphatic rings. The number of ether oxygens (including phenoxy) is 6. The largest absolute Gasteiger partial charge is 0.496 e. The number of benzene rings is 4. The van der Waals surface area contributed by atoms with Gasteiger partial charge in [0.2, 0.25) is 0 Å². The molecule has 0 N–H and O–H groups in total. The van der Waals surface area contributed by atoms with Crippen LogP contribution in [-0.2, 0) is 0 Å². The van der Waals surface area contributed by atoms with Gasteiger partial charge in [-0.2, -0.15) is 0 Å². The Hall–Kier alpha value is -4.32. The maximum atomic E-state index is 5.73. The summed E-state index contributed by atoms with van der Waals surface area (Å²) in [4.78, 5) is 0. The second kappa shape index (κ2) is 11.0. The summed E-state index contributed by atoms with van der Waals surface area (Å²) in [6, 6.07) is 23.4. The third-order valence-electron chi connectivity index (χ3n) is 6.08. The Morgan fingerprint density at radius 3 is 0.694 bits per heavy atom. The number of hydrogen-bond donors (Lipinski definition) is 0. The Kier molecular flexibility index (Phi) is 7.54. The van der Waals surface area contributed by atoms with Crippen LogP contribution in [0.1, 0.15) is 0 Å². The number of methoxy groups -OCH3 is 6. The van der Waals surface area contributed by atoms with Gasteiger partial charge >= 0.3 is 0 Å². The first kappa shape index (κ1) is 24.8. The molecule has 4 aromatic rings. The quantitative estimate of drug-likeness (QED) is 0.261. The molecule has 0 bridgehead atoms. The minimum Gasteiger partial charge on any atom is -0.496 e. The molecule has 0 amide bonds. The zero-order valence-corrected chi connectivity index (χ0v) is 21.4. The fourth-order valence-corrected chi connectivity index (χ4v) is 4.47. The summed E-state index contributed by atoms with van der Waals surface area (Å²) in [6.07, 6.45) is 0. The molecule has 0 heterocycles.